The summed E-state index contributed by atoms with van der Waals surface area (Å²) < 4.78 is 1.52. The molecule has 1 aromatic heterocycles. The molecule has 1 N–H and O–H groups in total. The van der Waals surface area contributed by atoms with Crippen molar-refractivity contribution in [3.8, 4) is 0 Å². The molecule has 1 heterocycles. The predicted molar refractivity (Wildman–Crippen MR) is 39.3 cm³/mol. The fourth-order valence-corrected chi connectivity index (χ4v) is 3.04. The van der Waals surface area contributed by atoms with Gasteiger partial charge in [-0.1, -0.05) is 0 Å². The van der Waals surface area contributed by atoms with Crippen molar-refractivity contribution in [2.24, 2.45) is 0 Å². The van der Waals surface area contributed by atoms with Gasteiger partial charge in [0.1, 0.15) is 0 Å². The van der Waals surface area contributed by atoms with Crippen LogP contribution < -0.4 is 4.97 Å². The van der Waals surface area contributed by atoms with E-state index in [2.05, 4.69) is 16.1 Å². The van der Waals surface area contributed by atoms with Crippen LogP contribution in [0.5, 0.6) is 0 Å². The Morgan fingerprint density at radius 1 is 1.62 bits per heavy atom. The van der Waals surface area contributed by atoms with Crippen molar-refractivity contribution in [3.63, 3.8) is 0 Å². The van der Waals surface area contributed by atoms with E-state index in [1.165, 1.54) is 5.35 Å². The average Bonchev–Trinajstić information content (AvgIpc) is 2.14. The van der Waals surface area contributed by atoms with E-state index in [4.69, 9.17) is 0 Å². The van der Waals surface area contributed by atoms with Crippen molar-refractivity contribution >= 4 is 65.6 Å². The summed E-state index contributed by atoms with van der Waals surface area (Å²) in [5, 5.41) is 7.50. The van der Waals surface area contributed by atoms with Gasteiger partial charge in [0.25, 0.3) is 0 Å². The van der Waals surface area contributed by atoms with Crippen LogP contribution in [0.25, 0.3) is 0 Å². The summed E-state index contributed by atoms with van der Waals surface area (Å²) in [6.45, 7) is 0. The van der Waals surface area contributed by atoms with E-state index < -0.39 is 0 Å². The van der Waals surface area contributed by atoms with Gasteiger partial charge in [-0.3, -0.25) is 0 Å². The molecule has 3 heteroatoms. The first kappa shape index (κ1) is 7.25. The summed E-state index contributed by atoms with van der Waals surface area (Å²) in [5.41, 5.74) is 1.33. The van der Waals surface area contributed by atoms with Gasteiger partial charge in [-0.25, -0.2) is 0 Å². The van der Waals surface area contributed by atoms with Crippen LogP contribution in [-0.2, 0) is 0 Å². The number of rotatable bonds is 1. The number of hydrogen-bond acceptors (Lipinski definition) is 2. The first-order valence-electron chi connectivity index (χ1n) is 2.55. The number of nitrogens with one attached hydrogen (secondary N) is 1. The summed E-state index contributed by atoms with van der Waals surface area (Å²) in [6.07, 6.45) is 0. The summed E-state index contributed by atoms with van der Waals surface area (Å²) in [6, 6.07) is 0. The van der Waals surface area contributed by atoms with Crippen LogP contribution in [-0.4, -0.2) is 56.0 Å². The van der Waals surface area contributed by atoms with Crippen LogP contribution >= 0.6 is 11.3 Å². The molecule has 0 bridgehead atoms. The minimum atomic E-state index is 0.825. The quantitative estimate of drug-likeness (QED) is 0.579. The van der Waals surface area contributed by atoms with Crippen LogP contribution in [0.2, 0.25) is 0 Å². The van der Waals surface area contributed by atoms with E-state index in [0.717, 1.165) is 49.0 Å². The van der Waals surface area contributed by atoms with E-state index in [1.807, 2.05) is 7.05 Å². The maximum absolute atomic E-state index is 3.13. The number of anilines is 1. The van der Waals surface area contributed by atoms with Crippen LogP contribution in [0.3, 0.4) is 0 Å². The van der Waals surface area contributed by atoms with Gasteiger partial charge in [0.05, 0.1) is 0 Å². The molecule has 0 atom stereocenters. The van der Waals surface area contributed by atoms with Crippen molar-refractivity contribution in [3.05, 3.63) is 10.8 Å². The molecule has 38 valence electrons. The predicted octanol–water partition coefficient (Wildman–Crippen LogP) is 0.584. The van der Waals surface area contributed by atoms with Crippen molar-refractivity contribution in [2.45, 2.75) is 0 Å². The van der Waals surface area contributed by atoms with E-state index in [9.17, 15) is 0 Å². The van der Waals surface area contributed by atoms with Gasteiger partial charge in [-0.05, 0) is 0 Å². The Bertz CT molecular complexity index is 173. The van der Waals surface area contributed by atoms with Crippen LogP contribution in [0.1, 0.15) is 0 Å². The Labute approximate surface area is 87.1 Å². The standard InChI is InChI=1S/C5H6NS.K/c1-6-5-2-3-7-4-5;/h3-4,6H,1H3;. The minimum absolute atomic E-state index is 0.825. The average molecular weight is 151 g/mol. The molecule has 0 aliphatic heterocycles. The normalized spacial score (nSPS) is 9.38. The molecule has 0 saturated heterocycles. The Kier molecular flexibility index (Phi) is 3.03. The molecule has 0 aliphatic carbocycles. The Balaban J connectivity index is 2.92. The molecule has 0 unspecified atom stereocenters. The number of hydrogen-bond donors (Lipinski definition) is 1. The van der Waals surface area contributed by atoms with Crippen molar-refractivity contribution in [1.82, 2.24) is 0 Å². The van der Waals surface area contributed by atoms with Gasteiger partial charge in [-0.2, -0.15) is 0 Å². The molecule has 0 saturated carbocycles. The second-order valence-electron chi connectivity index (χ2n) is 1.72. The van der Waals surface area contributed by atoms with E-state index in [0.29, 0.717) is 0 Å². The Morgan fingerprint density at radius 2 is 2.38 bits per heavy atom. The molecule has 0 spiro atoms. The van der Waals surface area contributed by atoms with Gasteiger partial charge in [0.15, 0.2) is 0 Å². The number of thiophene rings is 1. The molecular weight excluding hydrogens is 145 g/mol. The fraction of sp³-hybridized carbons (Fsp3) is 0.200. The third-order valence-electron chi connectivity index (χ3n) is 1.12. The van der Waals surface area contributed by atoms with Gasteiger partial charge < -0.3 is 0 Å². The first-order valence-corrected chi connectivity index (χ1v) is 5.05. The zero-order valence-electron chi connectivity index (χ0n) is 5.06. The van der Waals surface area contributed by atoms with Gasteiger partial charge in [0, 0.05) is 0 Å². The third-order valence-corrected chi connectivity index (χ3v) is 3.93. The Hall–Kier alpha value is 1.14. The fourth-order valence-electron chi connectivity index (χ4n) is 0.617. The Morgan fingerprint density at radius 3 is 2.62 bits per heavy atom. The van der Waals surface area contributed by atoms with Gasteiger partial charge >= 0.3 is 88.8 Å². The van der Waals surface area contributed by atoms with E-state index in [-0.39, 0.29) is 0 Å². The molecule has 1 rings (SSSR count). The topological polar surface area (TPSA) is 12.0 Å². The van der Waals surface area contributed by atoms with E-state index >= 15 is 0 Å². The maximum atomic E-state index is 3.13. The molecular formula is C5H6KNS. The molecule has 8 heavy (non-hydrogen) atoms. The van der Waals surface area contributed by atoms with Gasteiger partial charge in [-0.15, -0.1) is 0 Å². The third kappa shape index (κ3) is 1.56. The van der Waals surface area contributed by atoms with Crippen molar-refractivity contribution < 1.29 is 0 Å². The summed E-state index contributed by atoms with van der Waals surface area (Å²) in [5.74, 6) is 0. The molecule has 0 aromatic carbocycles. The zero-order valence-corrected chi connectivity index (χ0v) is 9.00. The van der Waals surface area contributed by atoms with Gasteiger partial charge in [0.2, 0.25) is 0 Å². The monoisotopic (exact) mass is 151 g/mol. The van der Waals surface area contributed by atoms with Crippen LogP contribution in [0.15, 0.2) is 10.8 Å². The molecule has 0 fully saturated rings. The molecule has 0 aliphatic rings. The van der Waals surface area contributed by atoms with Crippen molar-refractivity contribution in [2.75, 3.05) is 12.4 Å². The molecule has 0 radical (unpaired) electrons. The zero-order chi connectivity index (χ0) is 5.98. The molecule has 0 amide bonds. The summed E-state index contributed by atoms with van der Waals surface area (Å²) >= 11 is 2.60. The molecule has 1 nitrogen and oxygen atoms in total. The molecule has 1 aromatic rings. The summed E-state index contributed by atoms with van der Waals surface area (Å²) in [7, 11) is 1.97. The van der Waals surface area contributed by atoms with Crippen molar-refractivity contribution in [1.29, 1.82) is 0 Å². The van der Waals surface area contributed by atoms with Crippen LogP contribution in [0, 0.1) is 0 Å². The summed E-state index contributed by atoms with van der Waals surface area (Å²) in [4.78, 5) is 0. The van der Waals surface area contributed by atoms with E-state index in [1.54, 1.807) is 11.3 Å². The first-order chi connectivity index (χ1) is 3.84. The van der Waals surface area contributed by atoms with Crippen LogP contribution in [0.4, 0.5) is 5.69 Å². The second kappa shape index (κ2) is 3.34. The SMILES string of the molecule is CNc1csc[c]1[K]. The second-order valence-corrected chi connectivity index (χ2v) is 4.14.